The first-order valence-corrected chi connectivity index (χ1v) is 6.85. The van der Waals surface area contributed by atoms with E-state index in [9.17, 15) is 4.79 Å². The molecule has 20 heavy (non-hydrogen) atoms. The smallest absolute Gasteiger partial charge is 0.322 e. The zero-order valence-corrected chi connectivity index (χ0v) is 13.3. The van der Waals surface area contributed by atoms with Crippen LogP contribution in [0.5, 0.6) is 0 Å². The molecule has 3 N–H and O–H groups in total. The van der Waals surface area contributed by atoms with E-state index in [-0.39, 0.29) is 17.8 Å². The largest absolute Gasteiger partial charge is 0.480 e. The summed E-state index contributed by atoms with van der Waals surface area (Å²) >= 11 is 0. The molecule has 6 nitrogen and oxygen atoms in total. The quantitative estimate of drug-likeness (QED) is 0.559. The highest BCUT2D eigenvalue weighted by Crippen LogP contribution is 2.18. The van der Waals surface area contributed by atoms with Crippen molar-refractivity contribution in [1.82, 2.24) is 0 Å². The minimum absolute atomic E-state index is 0.0160. The van der Waals surface area contributed by atoms with Crippen molar-refractivity contribution in [2.45, 2.75) is 57.8 Å². The first-order valence-electron chi connectivity index (χ1n) is 6.85. The second kappa shape index (κ2) is 8.56. The first-order chi connectivity index (χ1) is 9.09. The monoisotopic (exact) mass is 291 g/mol. The molecule has 0 aromatic heterocycles. The molecule has 0 amide bonds. The van der Waals surface area contributed by atoms with Crippen molar-refractivity contribution in [1.29, 1.82) is 0 Å². The lowest BCUT2D eigenvalue weighted by Gasteiger charge is -2.28. The number of aliphatic carboxylic acids is 1. The highest BCUT2D eigenvalue weighted by Gasteiger charge is 2.22. The lowest BCUT2D eigenvalue weighted by molar-refractivity contribution is -0.140. The van der Waals surface area contributed by atoms with Crippen molar-refractivity contribution in [3.05, 3.63) is 0 Å². The molecule has 0 spiro atoms. The van der Waals surface area contributed by atoms with Crippen molar-refractivity contribution < 1.29 is 24.1 Å². The summed E-state index contributed by atoms with van der Waals surface area (Å²) in [5, 5.41) is 8.62. The van der Waals surface area contributed by atoms with E-state index in [0.717, 1.165) is 6.42 Å². The summed E-state index contributed by atoms with van der Waals surface area (Å²) in [6.07, 6.45) is 1.48. The Hall–Kier alpha value is -0.690. The minimum atomic E-state index is -1.05. The Morgan fingerprint density at radius 3 is 2.20 bits per heavy atom. The predicted octanol–water partition coefficient (Wildman–Crippen LogP) is 1.42. The maximum atomic E-state index is 10.5. The van der Waals surface area contributed by atoms with Crippen molar-refractivity contribution in [2.24, 2.45) is 5.73 Å². The first kappa shape index (κ1) is 19.3. The highest BCUT2D eigenvalue weighted by molar-refractivity contribution is 5.73. The van der Waals surface area contributed by atoms with Gasteiger partial charge in [-0.2, -0.15) is 0 Å². The van der Waals surface area contributed by atoms with Crippen LogP contribution in [-0.2, 0) is 19.0 Å². The molecule has 0 bridgehead atoms. The zero-order chi connectivity index (χ0) is 15.8. The SMILES string of the molecule is COC(C)(C)CCOC(C)(C)CCOC[C@H](N)C(=O)O. The molecule has 0 saturated carbocycles. The van der Waals surface area contributed by atoms with Crippen LogP contribution in [0.15, 0.2) is 0 Å². The summed E-state index contributed by atoms with van der Waals surface area (Å²) in [5.74, 6) is -1.05. The van der Waals surface area contributed by atoms with Gasteiger partial charge in [-0.25, -0.2) is 0 Å². The van der Waals surface area contributed by atoms with E-state index in [2.05, 4.69) is 0 Å². The van der Waals surface area contributed by atoms with E-state index in [1.54, 1.807) is 7.11 Å². The van der Waals surface area contributed by atoms with Gasteiger partial charge >= 0.3 is 5.97 Å². The van der Waals surface area contributed by atoms with Gasteiger partial charge in [-0.15, -0.1) is 0 Å². The maximum absolute atomic E-state index is 10.5. The second-order valence-electron chi connectivity index (χ2n) is 6.09. The molecular weight excluding hydrogens is 262 g/mol. The summed E-state index contributed by atoms with van der Waals surface area (Å²) in [7, 11) is 1.69. The van der Waals surface area contributed by atoms with Gasteiger partial charge in [0.15, 0.2) is 0 Å². The Labute approximate surface area is 121 Å². The Morgan fingerprint density at radius 1 is 1.15 bits per heavy atom. The standard InChI is InChI=1S/C14H29NO5/c1-13(2,18-5)7-9-20-14(3,4)6-8-19-10-11(15)12(16)17/h11H,6-10,15H2,1-5H3,(H,16,17)/t11-/m0/s1. The molecule has 0 rings (SSSR count). The third kappa shape index (κ3) is 9.25. The van der Waals surface area contributed by atoms with Gasteiger partial charge in [-0.1, -0.05) is 0 Å². The molecule has 120 valence electrons. The molecule has 0 radical (unpaired) electrons. The van der Waals surface area contributed by atoms with Gasteiger partial charge in [0.2, 0.25) is 0 Å². The van der Waals surface area contributed by atoms with E-state index in [4.69, 9.17) is 25.1 Å². The molecule has 0 saturated heterocycles. The average Bonchev–Trinajstić information content (AvgIpc) is 2.33. The number of hydrogen-bond acceptors (Lipinski definition) is 5. The third-order valence-electron chi connectivity index (χ3n) is 3.21. The Morgan fingerprint density at radius 2 is 1.70 bits per heavy atom. The number of hydrogen-bond donors (Lipinski definition) is 2. The molecule has 0 aliphatic rings. The Balaban J connectivity index is 3.82. The van der Waals surface area contributed by atoms with Crippen LogP contribution >= 0.6 is 0 Å². The van der Waals surface area contributed by atoms with Gasteiger partial charge in [-0.05, 0) is 40.5 Å². The fourth-order valence-electron chi connectivity index (χ4n) is 1.35. The van der Waals surface area contributed by atoms with Crippen LogP contribution in [-0.4, -0.2) is 55.3 Å². The van der Waals surface area contributed by atoms with Crippen LogP contribution in [0.25, 0.3) is 0 Å². The topological polar surface area (TPSA) is 91.0 Å². The van der Waals surface area contributed by atoms with Gasteiger partial charge in [0.05, 0.1) is 24.4 Å². The lowest BCUT2D eigenvalue weighted by Crippen LogP contribution is -2.36. The molecule has 0 aliphatic carbocycles. The number of carbonyl (C=O) groups is 1. The molecule has 0 aromatic rings. The van der Waals surface area contributed by atoms with Gasteiger partial charge in [-0.3, -0.25) is 4.79 Å². The van der Waals surface area contributed by atoms with Crippen LogP contribution in [0.4, 0.5) is 0 Å². The van der Waals surface area contributed by atoms with E-state index in [1.807, 2.05) is 27.7 Å². The molecule has 0 heterocycles. The maximum Gasteiger partial charge on any atom is 0.322 e. The van der Waals surface area contributed by atoms with Gasteiger partial charge in [0, 0.05) is 13.7 Å². The van der Waals surface area contributed by atoms with E-state index in [1.165, 1.54) is 0 Å². The van der Waals surface area contributed by atoms with Crippen molar-refractivity contribution in [2.75, 3.05) is 26.9 Å². The summed E-state index contributed by atoms with van der Waals surface area (Å²) in [6, 6.07) is -0.971. The molecule has 1 atom stereocenters. The highest BCUT2D eigenvalue weighted by atomic mass is 16.5. The van der Waals surface area contributed by atoms with Crippen LogP contribution in [0, 0.1) is 0 Å². The lowest BCUT2D eigenvalue weighted by atomic mass is 10.0. The van der Waals surface area contributed by atoms with Crippen molar-refractivity contribution in [3.8, 4) is 0 Å². The Bertz CT molecular complexity index is 291. The fraction of sp³-hybridized carbons (Fsp3) is 0.929. The second-order valence-corrected chi connectivity index (χ2v) is 6.09. The number of ether oxygens (including phenoxy) is 3. The van der Waals surface area contributed by atoms with Crippen LogP contribution < -0.4 is 5.73 Å². The minimum Gasteiger partial charge on any atom is -0.480 e. The van der Waals surface area contributed by atoms with Crippen LogP contribution in [0.1, 0.15) is 40.5 Å². The summed E-state index contributed by atoms with van der Waals surface area (Å²) in [5.41, 5.74) is 4.82. The molecule has 0 fully saturated rings. The molecule has 0 unspecified atom stereocenters. The van der Waals surface area contributed by atoms with Crippen LogP contribution in [0.2, 0.25) is 0 Å². The van der Waals surface area contributed by atoms with Gasteiger partial charge in [0.25, 0.3) is 0 Å². The third-order valence-corrected chi connectivity index (χ3v) is 3.21. The number of methoxy groups -OCH3 is 1. The fourth-order valence-corrected chi connectivity index (χ4v) is 1.35. The van der Waals surface area contributed by atoms with E-state index >= 15 is 0 Å². The normalized spacial score (nSPS) is 14.3. The molecule has 6 heteroatoms. The van der Waals surface area contributed by atoms with Gasteiger partial charge in [0.1, 0.15) is 6.04 Å². The number of carboxylic acids is 1. The van der Waals surface area contributed by atoms with E-state index < -0.39 is 12.0 Å². The molecule has 0 aliphatic heterocycles. The Kier molecular flexibility index (Phi) is 8.27. The van der Waals surface area contributed by atoms with Gasteiger partial charge < -0.3 is 25.1 Å². The van der Waals surface area contributed by atoms with Crippen molar-refractivity contribution in [3.63, 3.8) is 0 Å². The summed E-state index contributed by atoms with van der Waals surface area (Å²) < 4.78 is 16.4. The number of rotatable bonds is 11. The summed E-state index contributed by atoms with van der Waals surface area (Å²) in [4.78, 5) is 10.5. The number of carboxylic acid groups (broad SMARTS) is 1. The summed E-state index contributed by atoms with van der Waals surface area (Å²) in [6.45, 7) is 9.02. The predicted molar refractivity (Wildman–Crippen MR) is 76.8 cm³/mol. The molecule has 0 aromatic carbocycles. The molecular formula is C14H29NO5. The van der Waals surface area contributed by atoms with Crippen molar-refractivity contribution >= 4 is 5.97 Å². The zero-order valence-electron chi connectivity index (χ0n) is 13.3. The van der Waals surface area contributed by atoms with E-state index in [0.29, 0.717) is 19.6 Å². The van der Waals surface area contributed by atoms with Crippen LogP contribution in [0.3, 0.4) is 0 Å². The number of nitrogens with two attached hydrogens (primary N) is 1. The average molecular weight is 291 g/mol.